The van der Waals surface area contributed by atoms with Gasteiger partial charge in [0.25, 0.3) is 0 Å². The van der Waals surface area contributed by atoms with Crippen LogP contribution in [-0.4, -0.2) is 5.11 Å². The highest BCUT2D eigenvalue weighted by atomic mass is 16.3. The lowest BCUT2D eigenvalue weighted by Crippen LogP contribution is -1.86. The van der Waals surface area contributed by atoms with Gasteiger partial charge in [0.1, 0.15) is 5.75 Å². The average molecular weight is 161 g/mol. The van der Waals surface area contributed by atoms with E-state index in [0.717, 1.165) is 12.1 Å². The fourth-order valence-corrected chi connectivity index (χ4v) is 0.750. The van der Waals surface area contributed by atoms with Gasteiger partial charge in [-0.2, -0.15) is 0 Å². The summed E-state index contributed by atoms with van der Waals surface area (Å²) < 4.78 is 0. The molecule has 0 unspecified atom stereocenters. The van der Waals surface area contributed by atoms with Crippen molar-refractivity contribution in [3.05, 3.63) is 24.3 Å². The summed E-state index contributed by atoms with van der Waals surface area (Å²) in [6, 6.07) is 9.59. The van der Waals surface area contributed by atoms with Crippen LogP contribution in [0.25, 0.3) is 0 Å². The molecule has 0 aliphatic rings. The summed E-state index contributed by atoms with van der Waals surface area (Å²) in [6.07, 6.45) is 0.838. The van der Waals surface area contributed by atoms with Gasteiger partial charge < -0.3 is 10.4 Å². The maximum atomic E-state index is 8.96. The van der Waals surface area contributed by atoms with Crippen LogP contribution in [0.4, 0.5) is 5.69 Å². The van der Waals surface area contributed by atoms with E-state index in [9.17, 15) is 0 Å². The summed E-state index contributed by atoms with van der Waals surface area (Å²) >= 11 is 0. The monoisotopic (exact) mass is 161 g/mol. The third-order valence-electron chi connectivity index (χ3n) is 1.34. The van der Waals surface area contributed by atoms with Crippen LogP contribution in [0.5, 0.6) is 5.75 Å². The number of anilines is 1. The normalized spacial score (nSPS) is 8.42. The first kappa shape index (κ1) is 8.48. The van der Waals surface area contributed by atoms with E-state index in [2.05, 4.69) is 17.3 Å². The molecule has 1 aromatic carbocycles. The summed E-state index contributed by atoms with van der Waals surface area (Å²) in [5.74, 6) is 3.16. The van der Waals surface area contributed by atoms with Gasteiger partial charge in [-0.1, -0.05) is 12.8 Å². The molecule has 0 fully saturated rings. The van der Waals surface area contributed by atoms with Crippen molar-refractivity contribution in [3.63, 3.8) is 0 Å². The van der Waals surface area contributed by atoms with Crippen LogP contribution in [0.15, 0.2) is 24.3 Å². The lowest BCUT2D eigenvalue weighted by molar-refractivity contribution is 0.475. The molecule has 0 atom stereocenters. The molecule has 12 heavy (non-hydrogen) atoms. The summed E-state index contributed by atoms with van der Waals surface area (Å²) in [5, 5.41) is 11.9. The minimum atomic E-state index is 0.268. The molecule has 2 nitrogen and oxygen atoms in total. The Kier molecular flexibility index (Phi) is 3.04. The fourth-order valence-electron chi connectivity index (χ4n) is 0.750. The van der Waals surface area contributed by atoms with Crippen molar-refractivity contribution >= 4 is 5.69 Å². The number of hydrogen-bond donors (Lipinski definition) is 2. The maximum Gasteiger partial charge on any atom is 0.115 e. The lowest BCUT2D eigenvalue weighted by atomic mass is 10.3. The molecule has 1 aromatic rings. The minimum Gasteiger partial charge on any atom is -0.508 e. The van der Waals surface area contributed by atoms with Crippen LogP contribution in [0.3, 0.4) is 0 Å². The standard InChI is InChI=1S/C10H11NO/c1-2-3-8-11-9-4-6-10(12)7-5-9/h4-7,11-12H,2H2,1H3. The number of rotatable bonds is 1. The highest BCUT2D eigenvalue weighted by molar-refractivity contribution is 5.49. The van der Waals surface area contributed by atoms with E-state index in [4.69, 9.17) is 5.11 Å². The van der Waals surface area contributed by atoms with Gasteiger partial charge in [0.15, 0.2) is 0 Å². The Labute approximate surface area is 72.2 Å². The van der Waals surface area contributed by atoms with Crippen molar-refractivity contribution in [1.29, 1.82) is 0 Å². The first-order valence-corrected chi connectivity index (χ1v) is 3.86. The van der Waals surface area contributed by atoms with Crippen LogP contribution in [0.1, 0.15) is 13.3 Å². The largest absolute Gasteiger partial charge is 0.508 e. The second-order valence-corrected chi connectivity index (χ2v) is 2.33. The van der Waals surface area contributed by atoms with Crippen LogP contribution in [0, 0.1) is 12.0 Å². The highest BCUT2D eigenvalue weighted by Gasteiger charge is 1.87. The van der Waals surface area contributed by atoms with Crippen LogP contribution < -0.4 is 5.32 Å². The number of hydrogen-bond acceptors (Lipinski definition) is 2. The smallest absolute Gasteiger partial charge is 0.115 e. The van der Waals surface area contributed by atoms with Crippen molar-refractivity contribution in [1.82, 2.24) is 0 Å². The van der Waals surface area contributed by atoms with Crippen LogP contribution in [0.2, 0.25) is 0 Å². The molecule has 2 N–H and O–H groups in total. The summed E-state index contributed by atoms with van der Waals surface area (Å²) in [5.41, 5.74) is 0.897. The Balaban J connectivity index is 2.59. The second-order valence-electron chi connectivity index (χ2n) is 2.33. The molecular formula is C10H11NO. The Morgan fingerprint density at radius 2 is 2.00 bits per heavy atom. The average Bonchev–Trinajstić information content (AvgIpc) is 2.09. The molecule has 0 spiro atoms. The maximum absolute atomic E-state index is 8.96. The number of nitrogens with one attached hydrogen (secondary N) is 1. The second kappa shape index (κ2) is 4.30. The van der Waals surface area contributed by atoms with Crippen molar-refractivity contribution < 1.29 is 5.11 Å². The molecular weight excluding hydrogens is 150 g/mol. The van der Waals surface area contributed by atoms with Crippen molar-refractivity contribution in [2.75, 3.05) is 5.32 Å². The molecule has 0 bridgehead atoms. The first-order valence-electron chi connectivity index (χ1n) is 3.86. The Bertz CT molecular complexity index is 292. The molecule has 0 saturated heterocycles. The predicted octanol–water partition coefficient (Wildman–Crippen LogP) is 2.17. The van der Waals surface area contributed by atoms with Crippen molar-refractivity contribution in [3.8, 4) is 17.7 Å². The van der Waals surface area contributed by atoms with Gasteiger partial charge in [0.05, 0.1) is 0 Å². The molecule has 0 amide bonds. The molecule has 0 heterocycles. The van der Waals surface area contributed by atoms with Crippen LogP contribution >= 0.6 is 0 Å². The van der Waals surface area contributed by atoms with E-state index in [1.807, 2.05) is 6.92 Å². The number of phenolic OH excluding ortho intramolecular Hbond substituents is 1. The molecule has 0 aromatic heterocycles. The zero-order valence-corrected chi connectivity index (χ0v) is 6.96. The Morgan fingerprint density at radius 3 is 2.58 bits per heavy atom. The van der Waals surface area contributed by atoms with E-state index in [0.29, 0.717) is 0 Å². The molecule has 0 aliphatic heterocycles. The number of aromatic hydroxyl groups is 1. The third-order valence-corrected chi connectivity index (χ3v) is 1.34. The Hall–Kier alpha value is -1.62. The van der Waals surface area contributed by atoms with E-state index < -0.39 is 0 Å². The topological polar surface area (TPSA) is 32.3 Å². The van der Waals surface area contributed by atoms with E-state index >= 15 is 0 Å². The zero-order valence-electron chi connectivity index (χ0n) is 6.96. The lowest BCUT2D eigenvalue weighted by Gasteiger charge is -1.96. The molecule has 1 rings (SSSR count). The number of phenols is 1. The molecule has 62 valence electrons. The van der Waals surface area contributed by atoms with Gasteiger partial charge in [0.2, 0.25) is 0 Å². The van der Waals surface area contributed by atoms with Gasteiger partial charge in [0, 0.05) is 18.2 Å². The van der Waals surface area contributed by atoms with E-state index in [1.54, 1.807) is 24.3 Å². The summed E-state index contributed by atoms with van der Waals surface area (Å²) in [7, 11) is 0. The van der Waals surface area contributed by atoms with Crippen molar-refractivity contribution in [2.24, 2.45) is 0 Å². The molecule has 0 radical (unpaired) electrons. The molecule has 0 aliphatic carbocycles. The van der Waals surface area contributed by atoms with Gasteiger partial charge in [-0.25, -0.2) is 0 Å². The SMILES string of the molecule is CCC#CNc1ccc(O)cc1. The van der Waals surface area contributed by atoms with Gasteiger partial charge in [-0.3, -0.25) is 0 Å². The first-order chi connectivity index (χ1) is 5.83. The van der Waals surface area contributed by atoms with E-state index in [1.165, 1.54) is 0 Å². The minimum absolute atomic E-state index is 0.268. The summed E-state index contributed by atoms with van der Waals surface area (Å²) in [4.78, 5) is 0. The third kappa shape index (κ3) is 2.55. The molecule has 0 saturated carbocycles. The van der Waals surface area contributed by atoms with E-state index in [-0.39, 0.29) is 5.75 Å². The van der Waals surface area contributed by atoms with Gasteiger partial charge >= 0.3 is 0 Å². The molecule has 2 heteroatoms. The van der Waals surface area contributed by atoms with Gasteiger partial charge in [-0.15, -0.1) is 0 Å². The fraction of sp³-hybridized carbons (Fsp3) is 0.200. The Morgan fingerprint density at radius 1 is 1.33 bits per heavy atom. The van der Waals surface area contributed by atoms with Crippen molar-refractivity contribution in [2.45, 2.75) is 13.3 Å². The predicted molar refractivity (Wildman–Crippen MR) is 49.8 cm³/mol. The highest BCUT2D eigenvalue weighted by Crippen LogP contribution is 2.12. The number of benzene rings is 1. The summed E-state index contributed by atoms with van der Waals surface area (Å²) in [6.45, 7) is 1.99. The zero-order chi connectivity index (χ0) is 8.81. The quantitative estimate of drug-likeness (QED) is 0.376. The van der Waals surface area contributed by atoms with Gasteiger partial charge in [-0.05, 0) is 24.3 Å². The van der Waals surface area contributed by atoms with Crippen LogP contribution in [-0.2, 0) is 0 Å².